The lowest BCUT2D eigenvalue weighted by molar-refractivity contribution is -0.000533. The molecule has 2 heterocycles. The van der Waals surface area contributed by atoms with Crippen molar-refractivity contribution in [2.24, 2.45) is 0 Å². The minimum absolute atomic E-state index is 0.0261. The average molecular weight is 295 g/mol. The molecule has 0 spiro atoms. The number of amides is 1. The van der Waals surface area contributed by atoms with Crippen LogP contribution in [0.15, 0.2) is 6.20 Å². The smallest absolute Gasteiger partial charge is 0.410 e. The molecule has 0 saturated carbocycles. The first-order valence-electron chi connectivity index (χ1n) is 6.47. The highest BCUT2D eigenvalue weighted by molar-refractivity contribution is 5.95. The van der Waals surface area contributed by atoms with Crippen molar-refractivity contribution in [2.45, 2.75) is 32.4 Å². The Kier molecular flexibility index (Phi) is 3.71. The molecule has 1 aromatic rings. The van der Waals surface area contributed by atoms with E-state index in [4.69, 9.17) is 9.84 Å². The quantitative estimate of drug-likeness (QED) is 0.840. The van der Waals surface area contributed by atoms with Crippen LogP contribution < -0.4 is 0 Å². The molecule has 0 atom stereocenters. The van der Waals surface area contributed by atoms with Crippen LogP contribution in [0.4, 0.5) is 4.79 Å². The largest absolute Gasteiger partial charge is 0.476 e. The average Bonchev–Trinajstić information content (AvgIpc) is 2.68. The lowest BCUT2D eigenvalue weighted by atomic mass is 10.1. The SMILES string of the molecule is CC(C)(C)OC(=O)N1CC(n2cc(C=O)c(C(=O)O)n2)C1. The Bertz CT molecular complexity index is 581. The molecule has 0 unspecified atom stereocenters. The molecule has 8 nitrogen and oxygen atoms in total. The van der Waals surface area contributed by atoms with Crippen molar-refractivity contribution < 1.29 is 24.2 Å². The molecule has 0 aromatic carbocycles. The summed E-state index contributed by atoms with van der Waals surface area (Å²) in [5, 5.41) is 12.8. The zero-order valence-corrected chi connectivity index (χ0v) is 12.1. The van der Waals surface area contributed by atoms with Crippen molar-refractivity contribution in [1.29, 1.82) is 0 Å². The normalized spacial score (nSPS) is 15.5. The van der Waals surface area contributed by atoms with Gasteiger partial charge in [-0.05, 0) is 20.8 Å². The lowest BCUT2D eigenvalue weighted by Crippen LogP contribution is -2.52. The number of aromatic carboxylic acids is 1. The van der Waals surface area contributed by atoms with Crippen LogP contribution in [-0.2, 0) is 4.74 Å². The number of aldehydes is 1. The summed E-state index contributed by atoms with van der Waals surface area (Å²) in [5.41, 5.74) is -0.811. The monoisotopic (exact) mass is 295 g/mol. The van der Waals surface area contributed by atoms with Crippen LogP contribution in [0.5, 0.6) is 0 Å². The number of carbonyl (C=O) groups excluding carboxylic acids is 2. The number of likely N-dealkylation sites (tertiary alicyclic amines) is 1. The molecule has 1 N–H and O–H groups in total. The van der Waals surface area contributed by atoms with Crippen molar-refractivity contribution in [3.8, 4) is 0 Å². The molecule has 21 heavy (non-hydrogen) atoms. The van der Waals surface area contributed by atoms with Crippen LogP contribution in [0, 0.1) is 0 Å². The summed E-state index contributed by atoms with van der Waals surface area (Å²) in [6, 6.07) is -0.149. The van der Waals surface area contributed by atoms with Crippen LogP contribution >= 0.6 is 0 Å². The predicted molar refractivity (Wildman–Crippen MR) is 71.4 cm³/mol. The molecule has 114 valence electrons. The van der Waals surface area contributed by atoms with Gasteiger partial charge in [0.2, 0.25) is 0 Å². The van der Waals surface area contributed by atoms with Crippen LogP contribution in [0.25, 0.3) is 0 Å². The fourth-order valence-corrected chi connectivity index (χ4v) is 1.94. The van der Waals surface area contributed by atoms with E-state index >= 15 is 0 Å². The molecular weight excluding hydrogens is 278 g/mol. The highest BCUT2D eigenvalue weighted by Crippen LogP contribution is 2.24. The van der Waals surface area contributed by atoms with Gasteiger partial charge in [-0.2, -0.15) is 5.10 Å². The third-order valence-electron chi connectivity index (χ3n) is 2.98. The van der Waals surface area contributed by atoms with Gasteiger partial charge in [0.1, 0.15) is 5.60 Å². The molecule has 0 bridgehead atoms. The number of carbonyl (C=O) groups is 3. The first-order valence-corrected chi connectivity index (χ1v) is 6.47. The molecule has 1 aromatic heterocycles. The number of carboxylic acids is 1. The van der Waals surface area contributed by atoms with Crippen molar-refractivity contribution in [3.63, 3.8) is 0 Å². The third kappa shape index (κ3) is 3.21. The van der Waals surface area contributed by atoms with E-state index in [9.17, 15) is 14.4 Å². The summed E-state index contributed by atoms with van der Waals surface area (Å²) in [5.74, 6) is -1.25. The van der Waals surface area contributed by atoms with E-state index in [1.165, 1.54) is 15.8 Å². The van der Waals surface area contributed by atoms with Gasteiger partial charge in [0.25, 0.3) is 0 Å². The molecule has 1 fully saturated rings. The van der Waals surface area contributed by atoms with Gasteiger partial charge >= 0.3 is 12.1 Å². The summed E-state index contributed by atoms with van der Waals surface area (Å²) in [6.45, 7) is 6.09. The summed E-state index contributed by atoms with van der Waals surface area (Å²) in [7, 11) is 0. The van der Waals surface area contributed by atoms with Gasteiger partial charge in [-0.3, -0.25) is 9.48 Å². The second-order valence-electron chi connectivity index (χ2n) is 5.88. The Hall–Kier alpha value is -2.38. The predicted octanol–water partition coefficient (Wildman–Crippen LogP) is 1.19. The maximum absolute atomic E-state index is 11.8. The minimum Gasteiger partial charge on any atom is -0.476 e. The fraction of sp³-hybridized carbons (Fsp3) is 0.538. The Morgan fingerprint density at radius 3 is 2.48 bits per heavy atom. The molecular formula is C13H17N3O5. The van der Waals surface area contributed by atoms with E-state index in [2.05, 4.69) is 5.10 Å². The van der Waals surface area contributed by atoms with E-state index in [0.29, 0.717) is 19.4 Å². The van der Waals surface area contributed by atoms with E-state index < -0.39 is 17.7 Å². The molecule has 8 heteroatoms. The van der Waals surface area contributed by atoms with Crippen LogP contribution in [0.2, 0.25) is 0 Å². The van der Waals surface area contributed by atoms with E-state index in [1.807, 2.05) is 0 Å². The van der Waals surface area contributed by atoms with Gasteiger partial charge in [-0.25, -0.2) is 9.59 Å². The first-order chi connectivity index (χ1) is 9.71. The number of ether oxygens (including phenoxy) is 1. The van der Waals surface area contributed by atoms with Gasteiger partial charge < -0.3 is 14.7 Å². The first kappa shape index (κ1) is 15.0. The number of hydrogen-bond donors (Lipinski definition) is 1. The van der Waals surface area contributed by atoms with Crippen LogP contribution in [0.1, 0.15) is 47.7 Å². The Balaban J connectivity index is 2.00. The molecule has 1 aliphatic heterocycles. The summed E-state index contributed by atoms with van der Waals surface area (Å²) < 4.78 is 6.63. The van der Waals surface area contributed by atoms with E-state index in [-0.39, 0.29) is 17.3 Å². The Labute approximate surface area is 121 Å². The van der Waals surface area contributed by atoms with Crippen LogP contribution in [-0.4, -0.2) is 56.8 Å². The van der Waals surface area contributed by atoms with Gasteiger partial charge in [-0.15, -0.1) is 0 Å². The summed E-state index contributed by atoms with van der Waals surface area (Å²) in [4.78, 5) is 35.0. The number of hydrogen-bond acceptors (Lipinski definition) is 5. The maximum Gasteiger partial charge on any atom is 0.410 e. The standard InChI is InChI=1S/C13H17N3O5/c1-13(2,3)21-12(20)15-5-9(6-15)16-4-8(7-17)10(14-16)11(18)19/h4,7,9H,5-6H2,1-3H3,(H,18,19). The highest BCUT2D eigenvalue weighted by Gasteiger charge is 2.36. The van der Waals surface area contributed by atoms with E-state index in [0.717, 1.165) is 0 Å². The van der Waals surface area contributed by atoms with E-state index in [1.54, 1.807) is 20.8 Å². The Morgan fingerprint density at radius 2 is 2.05 bits per heavy atom. The molecule has 1 aliphatic rings. The summed E-state index contributed by atoms with van der Waals surface area (Å²) in [6.07, 6.45) is 1.42. The van der Waals surface area contributed by atoms with Gasteiger partial charge in [0, 0.05) is 19.3 Å². The third-order valence-corrected chi connectivity index (χ3v) is 2.98. The molecule has 1 amide bonds. The number of rotatable bonds is 3. The lowest BCUT2D eigenvalue weighted by Gasteiger charge is -2.39. The van der Waals surface area contributed by atoms with Crippen LogP contribution in [0.3, 0.4) is 0 Å². The molecule has 0 aliphatic carbocycles. The second kappa shape index (κ2) is 5.19. The molecule has 0 radical (unpaired) electrons. The molecule has 2 rings (SSSR count). The van der Waals surface area contributed by atoms with Crippen molar-refractivity contribution in [2.75, 3.05) is 13.1 Å². The fourth-order valence-electron chi connectivity index (χ4n) is 1.94. The van der Waals surface area contributed by atoms with Gasteiger partial charge in [-0.1, -0.05) is 0 Å². The van der Waals surface area contributed by atoms with Crippen molar-refractivity contribution in [3.05, 3.63) is 17.5 Å². The van der Waals surface area contributed by atoms with Gasteiger partial charge in [0.15, 0.2) is 12.0 Å². The Morgan fingerprint density at radius 1 is 1.43 bits per heavy atom. The zero-order chi connectivity index (χ0) is 15.8. The maximum atomic E-state index is 11.8. The number of carboxylic acid groups (broad SMARTS) is 1. The number of nitrogens with zero attached hydrogens (tertiary/aromatic N) is 3. The van der Waals surface area contributed by atoms with Gasteiger partial charge in [0.05, 0.1) is 11.6 Å². The molecule has 1 saturated heterocycles. The topological polar surface area (TPSA) is 102 Å². The highest BCUT2D eigenvalue weighted by atomic mass is 16.6. The second-order valence-corrected chi connectivity index (χ2v) is 5.88. The number of aromatic nitrogens is 2. The van der Waals surface area contributed by atoms with Crippen molar-refractivity contribution in [1.82, 2.24) is 14.7 Å². The van der Waals surface area contributed by atoms with Crippen molar-refractivity contribution >= 4 is 18.3 Å². The minimum atomic E-state index is -1.25. The zero-order valence-electron chi connectivity index (χ0n) is 12.1. The summed E-state index contributed by atoms with van der Waals surface area (Å²) >= 11 is 0.